The van der Waals surface area contributed by atoms with E-state index in [9.17, 15) is 18.0 Å². The van der Waals surface area contributed by atoms with Gasteiger partial charge in [0.1, 0.15) is 12.2 Å². The highest BCUT2D eigenvalue weighted by molar-refractivity contribution is 5.94. The molecule has 1 amide bonds. The summed E-state index contributed by atoms with van der Waals surface area (Å²) in [6, 6.07) is 4.45. The van der Waals surface area contributed by atoms with Gasteiger partial charge in [0.05, 0.1) is 17.6 Å². The molecule has 2 fully saturated rings. The highest BCUT2D eigenvalue weighted by atomic mass is 19.4. The van der Waals surface area contributed by atoms with E-state index in [0.717, 1.165) is 30.8 Å². The fraction of sp³-hybridized carbons (Fsp3) is 0.609. The first-order chi connectivity index (χ1) is 15.1. The molecular formula is C23H30F3N5O. The molecule has 1 aromatic rings. The minimum Gasteiger partial charge on any atom is -0.353 e. The van der Waals surface area contributed by atoms with Gasteiger partial charge < -0.3 is 15.5 Å². The second-order valence-electron chi connectivity index (χ2n) is 9.23. The van der Waals surface area contributed by atoms with Crippen molar-refractivity contribution in [3.05, 3.63) is 35.4 Å². The first kappa shape index (κ1) is 22.8. The summed E-state index contributed by atoms with van der Waals surface area (Å²) in [5, 5.41) is 0. The van der Waals surface area contributed by atoms with Gasteiger partial charge in [-0.2, -0.15) is 13.2 Å². The molecule has 6 nitrogen and oxygen atoms in total. The summed E-state index contributed by atoms with van der Waals surface area (Å²) in [7, 11) is 0. The molecule has 0 bridgehead atoms. The van der Waals surface area contributed by atoms with Crippen molar-refractivity contribution in [2.45, 2.75) is 57.4 Å². The Hall–Kier alpha value is -2.42. The number of nitrogens with zero attached hydrogens (tertiary/aromatic N) is 4. The molecule has 1 aromatic carbocycles. The molecule has 1 saturated carbocycles. The fourth-order valence-corrected chi connectivity index (χ4v) is 5.20. The molecular weight excluding hydrogens is 419 g/mol. The monoisotopic (exact) mass is 449 g/mol. The number of carbonyl (C=O) groups excluding carboxylic acids is 1. The van der Waals surface area contributed by atoms with E-state index < -0.39 is 17.8 Å². The standard InChI is InChI=1S/C23H30F3N5O/c1-14-3-8-19-20(14)21(29-13-28-19)31-10-9-30(12-15(31)2)22(32)18(27)11-16-4-6-17(7-5-16)23(24,25)26/h4-7,13-15,18-20H,3,8-12,27H2,1-2H3/t14-,15+,18-,19?,20?/m1/s1. The van der Waals surface area contributed by atoms with Crippen LogP contribution < -0.4 is 5.73 Å². The number of hydrogen-bond donors (Lipinski definition) is 1. The summed E-state index contributed by atoms with van der Waals surface area (Å²) in [4.78, 5) is 26.2. The van der Waals surface area contributed by atoms with E-state index in [4.69, 9.17) is 5.73 Å². The molecule has 1 saturated heterocycles. The SMILES string of the molecule is C[C@@H]1CCC2N=CN=C(N3CCN(C(=O)[C@H](N)Cc4ccc(C(F)(F)F)cc4)C[C@@H]3C)C21. The van der Waals surface area contributed by atoms with Gasteiger partial charge in [0, 0.05) is 31.6 Å². The Bertz CT molecular complexity index is 898. The number of nitrogens with two attached hydrogens (primary N) is 1. The van der Waals surface area contributed by atoms with Gasteiger partial charge in [-0.05, 0) is 49.8 Å². The molecule has 5 atom stereocenters. The average molecular weight is 450 g/mol. The maximum absolute atomic E-state index is 12.9. The van der Waals surface area contributed by atoms with Crippen LogP contribution in [-0.4, -0.2) is 65.6 Å². The van der Waals surface area contributed by atoms with E-state index in [0.29, 0.717) is 43.1 Å². The lowest BCUT2D eigenvalue weighted by atomic mass is 9.91. The molecule has 9 heteroatoms. The van der Waals surface area contributed by atoms with E-state index in [2.05, 4.69) is 28.7 Å². The van der Waals surface area contributed by atoms with E-state index in [-0.39, 0.29) is 18.4 Å². The third-order valence-electron chi connectivity index (χ3n) is 6.98. The van der Waals surface area contributed by atoms with E-state index in [1.807, 2.05) is 0 Å². The van der Waals surface area contributed by atoms with Crippen LogP contribution in [0.15, 0.2) is 34.3 Å². The maximum Gasteiger partial charge on any atom is 0.416 e. The second kappa shape index (κ2) is 8.84. The lowest BCUT2D eigenvalue weighted by molar-refractivity contribution is -0.137. The number of halogens is 3. The van der Waals surface area contributed by atoms with Crippen molar-refractivity contribution < 1.29 is 18.0 Å². The van der Waals surface area contributed by atoms with Crippen LogP contribution in [0, 0.1) is 11.8 Å². The number of rotatable bonds is 3. The van der Waals surface area contributed by atoms with Crippen molar-refractivity contribution in [3.63, 3.8) is 0 Å². The smallest absolute Gasteiger partial charge is 0.353 e. The normalized spacial score (nSPS) is 29.0. The van der Waals surface area contributed by atoms with Gasteiger partial charge in [0.2, 0.25) is 5.91 Å². The number of amides is 1. The number of hydrogen-bond acceptors (Lipinski definition) is 5. The topological polar surface area (TPSA) is 74.3 Å². The Labute approximate surface area is 186 Å². The molecule has 2 heterocycles. The average Bonchev–Trinajstić information content (AvgIpc) is 3.14. The Balaban J connectivity index is 1.36. The van der Waals surface area contributed by atoms with Crippen molar-refractivity contribution in [1.29, 1.82) is 0 Å². The predicted octanol–water partition coefficient (Wildman–Crippen LogP) is 2.96. The Morgan fingerprint density at radius 3 is 2.56 bits per heavy atom. The zero-order chi connectivity index (χ0) is 23.0. The largest absolute Gasteiger partial charge is 0.416 e. The number of piperazine rings is 1. The molecule has 32 heavy (non-hydrogen) atoms. The highest BCUT2D eigenvalue weighted by Crippen LogP contribution is 2.38. The molecule has 2 unspecified atom stereocenters. The van der Waals surface area contributed by atoms with Crippen LogP contribution in [-0.2, 0) is 17.4 Å². The molecule has 3 aliphatic rings. The lowest BCUT2D eigenvalue weighted by Gasteiger charge is -2.44. The van der Waals surface area contributed by atoms with E-state index >= 15 is 0 Å². The van der Waals surface area contributed by atoms with Crippen LogP contribution in [0.5, 0.6) is 0 Å². The summed E-state index contributed by atoms with van der Waals surface area (Å²) in [5.41, 5.74) is 6.05. The molecule has 2 N–H and O–H groups in total. The van der Waals surface area contributed by atoms with Crippen molar-refractivity contribution in [3.8, 4) is 0 Å². The molecule has 4 rings (SSSR count). The summed E-state index contributed by atoms with van der Waals surface area (Å²) in [6.45, 7) is 6.12. The van der Waals surface area contributed by atoms with Gasteiger partial charge in [-0.15, -0.1) is 0 Å². The summed E-state index contributed by atoms with van der Waals surface area (Å²) < 4.78 is 38.2. The third-order valence-corrected chi connectivity index (χ3v) is 6.98. The summed E-state index contributed by atoms with van der Waals surface area (Å²) in [6.07, 6.45) is -0.254. The van der Waals surface area contributed by atoms with Gasteiger partial charge in [-0.3, -0.25) is 9.79 Å². The second-order valence-corrected chi connectivity index (χ2v) is 9.23. The van der Waals surface area contributed by atoms with E-state index in [1.54, 1.807) is 11.2 Å². The molecule has 0 spiro atoms. The molecule has 2 aliphatic heterocycles. The number of fused-ring (bicyclic) bond motifs is 1. The lowest BCUT2D eigenvalue weighted by Crippen LogP contribution is -2.60. The van der Waals surface area contributed by atoms with Crippen molar-refractivity contribution >= 4 is 18.1 Å². The molecule has 174 valence electrons. The predicted molar refractivity (Wildman–Crippen MR) is 117 cm³/mol. The number of benzene rings is 1. The first-order valence-corrected chi connectivity index (χ1v) is 11.2. The zero-order valence-corrected chi connectivity index (χ0v) is 18.4. The Morgan fingerprint density at radius 2 is 1.91 bits per heavy atom. The number of carbonyl (C=O) groups is 1. The highest BCUT2D eigenvalue weighted by Gasteiger charge is 2.42. The third kappa shape index (κ3) is 4.53. The van der Waals surface area contributed by atoms with Crippen LogP contribution >= 0.6 is 0 Å². The van der Waals surface area contributed by atoms with Crippen LogP contribution in [0.1, 0.15) is 37.8 Å². The summed E-state index contributed by atoms with van der Waals surface area (Å²) >= 11 is 0. The van der Waals surface area contributed by atoms with Crippen LogP contribution in [0.25, 0.3) is 0 Å². The first-order valence-electron chi connectivity index (χ1n) is 11.2. The number of alkyl halides is 3. The fourth-order valence-electron chi connectivity index (χ4n) is 5.20. The Morgan fingerprint density at radius 1 is 1.19 bits per heavy atom. The van der Waals surface area contributed by atoms with Crippen LogP contribution in [0.3, 0.4) is 0 Å². The maximum atomic E-state index is 12.9. The van der Waals surface area contributed by atoms with Crippen molar-refractivity contribution in [2.75, 3.05) is 19.6 Å². The molecule has 0 aromatic heterocycles. The van der Waals surface area contributed by atoms with Gasteiger partial charge in [0.25, 0.3) is 0 Å². The minimum absolute atomic E-state index is 0.102. The van der Waals surface area contributed by atoms with Gasteiger partial charge in [0.15, 0.2) is 0 Å². The van der Waals surface area contributed by atoms with Gasteiger partial charge >= 0.3 is 6.18 Å². The van der Waals surface area contributed by atoms with Crippen molar-refractivity contribution in [2.24, 2.45) is 27.6 Å². The molecule has 1 aliphatic carbocycles. The molecule has 0 radical (unpaired) electrons. The van der Waals surface area contributed by atoms with Crippen LogP contribution in [0.4, 0.5) is 13.2 Å². The van der Waals surface area contributed by atoms with Gasteiger partial charge in [-0.25, -0.2) is 4.99 Å². The minimum atomic E-state index is -4.38. The number of amidine groups is 1. The van der Waals surface area contributed by atoms with Crippen LogP contribution in [0.2, 0.25) is 0 Å². The Kier molecular flexibility index (Phi) is 6.29. The summed E-state index contributed by atoms with van der Waals surface area (Å²) in [5.74, 6) is 1.80. The number of aliphatic imine (C=N–C) groups is 2. The zero-order valence-electron chi connectivity index (χ0n) is 18.4. The van der Waals surface area contributed by atoms with E-state index in [1.165, 1.54) is 12.1 Å². The van der Waals surface area contributed by atoms with Crippen molar-refractivity contribution in [1.82, 2.24) is 9.80 Å². The quantitative estimate of drug-likeness (QED) is 0.771. The van der Waals surface area contributed by atoms with Gasteiger partial charge in [-0.1, -0.05) is 19.1 Å².